The number of fused-ring (bicyclic) bond motifs is 2. The third-order valence-electron chi connectivity index (χ3n) is 5.68. The van der Waals surface area contributed by atoms with Crippen molar-refractivity contribution in [3.05, 3.63) is 41.1 Å². The molecule has 1 aliphatic heterocycles. The molecule has 1 saturated carbocycles. The van der Waals surface area contributed by atoms with Gasteiger partial charge in [-0.3, -0.25) is 4.79 Å². The smallest absolute Gasteiger partial charge is 0.242 e. The van der Waals surface area contributed by atoms with Gasteiger partial charge in [-0.25, -0.2) is 4.98 Å². The van der Waals surface area contributed by atoms with E-state index in [1.165, 1.54) is 0 Å². The van der Waals surface area contributed by atoms with Crippen LogP contribution in [0.1, 0.15) is 36.6 Å². The maximum atomic E-state index is 13.1. The summed E-state index contributed by atoms with van der Waals surface area (Å²) in [6.07, 6.45) is 3.45. The molecule has 1 amide bonds. The zero-order valence-corrected chi connectivity index (χ0v) is 14.8. The Labute approximate surface area is 148 Å². The molecule has 0 N–H and O–H groups in total. The molecule has 3 heterocycles. The Hall–Kier alpha value is -2.28. The van der Waals surface area contributed by atoms with E-state index in [1.54, 1.807) is 18.3 Å². The summed E-state index contributed by atoms with van der Waals surface area (Å²) in [5.41, 5.74) is 3.48. The SMILES string of the molecule is Cc1nnc([C@]23CC[C@H]2CCN3C(=O)Cc2ccc3ncsc3c2)o1. The summed E-state index contributed by atoms with van der Waals surface area (Å²) < 4.78 is 6.87. The van der Waals surface area contributed by atoms with E-state index in [2.05, 4.69) is 21.2 Å². The summed E-state index contributed by atoms with van der Waals surface area (Å²) in [6, 6.07) is 6.06. The topological polar surface area (TPSA) is 72.1 Å². The zero-order valence-electron chi connectivity index (χ0n) is 13.9. The number of nitrogens with zero attached hydrogens (tertiary/aromatic N) is 4. The van der Waals surface area contributed by atoms with Crippen LogP contribution in [0.25, 0.3) is 10.2 Å². The number of amides is 1. The van der Waals surface area contributed by atoms with Gasteiger partial charge in [-0.05, 0) is 42.9 Å². The highest BCUT2D eigenvalue weighted by Gasteiger charge is 2.60. The van der Waals surface area contributed by atoms with E-state index >= 15 is 0 Å². The molecule has 6 nitrogen and oxygen atoms in total. The molecule has 0 spiro atoms. The van der Waals surface area contributed by atoms with Gasteiger partial charge in [-0.1, -0.05) is 6.07 Å². The second-order valence-corrected chi connectivity index (χ2v) is 7.84. The lowest BCUT2D eigenvalue weighted by Gasteiger charge is -2.47. The summed E-state index contributed by atoms with van der Waals surface area (Å²) >= 11 is 1.60. The molecule has 0 radical (unpaired) electrons. The van der Waals surface area contributed by atoms with Gasteiger partial charge in [0.15, 0.2) is 0 Å². The minimum Gasteiger partial charge on any atom is -0.423 e. The molecular formula is C18H18N4O2S. The first kappa shape index (κ1) is 15.0. The van der Waals surface area contributed by atoms with Gasteiger partial charge in [0.1, 0.15) is 5.54 Å². The van der Waals surface area contributed by atoms with Crippen LogP contribution in [0.2, 0.25) is 0 Å². The minimum atomic E-state index is -0.368. The van der Waals surface area contributed by atoms with Gasteiger partial charge in [-0.2, -0.15) is 0 Å². The molecule has 2 aliphatic rings. The third kappa shape index (κ3) is 2.15. The van der Waals surface area contributed by atoms with Gasteiger partial charge < -0.3 is 9.32 Å². The number of carbonyl (C=O) groups excluding carboxylic acids is 1. The molecule has 3 aromatic rings. The molecule has 2 fully saturated rings. The first-order valence-electron chi connectivity index (χ1n) is 8.60. The molecule has 1 aromatic carbocycles. The molecule has 7 heteroatoms. The van der Waals surface area contributed by atoms with E-state index in [4.69, 9.17) is 4.42 Å². The lowest BCUT2D eigenvalue weighted by Crippen LogP contribution is -2.54. The highest BCUT2D eigenvalue weighted by Crippen LogP contribution is 2.56. The number of thiazole rings is 1. The van der Waals surface area contributed by atoms with Gasteiger partial charge in [0, 0.05) is 13.5 Å². The first-order valence-corrected chi connectivity index (χ1v) is 9.48. The largest absolute Gasteiger partial charge is 0.423 e. The molecule has 0 unspecified atom stereocenters. The van der Waals surface area contributed by atoms with Crippen molar-refractivity contribution < 1.29 is 9.21 Å². The van der Waals surface area contributed by atoms with Crippen LogP contribution in [0, 0.1) is 12.8 Å². The van der Waals surface area contributed by atoms with Crippen molar-refractivity contribution in [2.75, 3.05) is 6.54 Å². The average Bonchev–Trinajstić information content (AvgIpc) is 3.26. The van der Waals surface area contributed by atoms with E-state index in [-0.39, 0.29) is 11.4 Å². The van der Waals surface area contributed by atoms with Crippen LogP contribution in [0.5, 0.6) is 0 Å². The fourth-order valence-electron chi connectivity index (χ4n) is 4.34. The van der Waals surface area contributed by atoms with Crippen molar-refractivity contribution in [3.63, 3.8) is 0 Å². The van der Waals surface area contributed by atoms with Crippen LogP contribution in [0.15, 0.2) is 28.1 Å². The number of benzene rings is 1. The maximum absolute atomic E-state index is 13.1. The van der Waals surface area contributed by atoms with E-state index in [0.29, 0.717) is 24.1 Å². The van der Waals surface area contributed by atoms with E-state index in [0.717, 1.165) is 41.6 Å². The quantitative estimate of drug-likeness (QED) is 0.723. The van der Waals surface area contributed by atoms with Crippen LogP contribution >= 0.6 is 11.3 Å². The molecule has 25 heavy (non-hydrogen) atoms. The predicted octanol–water partition coefficient (Wildman–Crippen LogP) is 3.07. The van der Waals surface area contributed by atoms with Crippen LogP contribution in [0.3, 0.4) is 0 Å². The molecular weight excluding hydrogens is 336 g/mol. The van der Waals surface area contributed by atoms with Crippen LogP contribution in [-0.4, -0.2) is 32.5 Å². The van der Waals surface area contributed by atoms with Gasteiger partial charge in [0.2, 0.25) is 17.7 Å². The number of likely N-dealkylation sites (tertiary alicyclic amines) is 1. The standard InChI is InChI=1S/C18H18N4O2S/c1-11-20-21-17(24-11)18-6-4-13(18)5-7-22(18)16(23)9-12-2-3-14-15(8-12)25-10-19-14/h2-3,8,10,13H,4-7,9H2,1H3/t13-,18-/m0/s1. The second-order valence-electron chi connectivity index (χ2n) is 6.95. The summed E-state index contributed by atoms with van der Waals surface area (Å²) in [7, 11) is 0. The second kappa shape index (κ2) is 5.36. The summed E-state index contributed by atoms with van der Waals surface area (Å²) in [6.45, 7) is 2.57. The van der Waals surface area contributed by atoms with Crippen molar-refractivity contribution >= 4 is 27.5 Å². The first-order chi connectivity index (χ1) is 12.2. The van der Waals surface area contributed by atoms with Crippen molar-refractivity contribution in [1.82, 2.24) is 20.1 Å². The summed E-state index contributed by atoms with van der Waals surface area (Å²) in [4.78, 5) is 19.4. The molecule has 1 saturated heterocycles. The third-order valence-corrected chi connectivity index (χ3v) is 6.47. The Balaban J connectivity index is 1.44. The van der Waals surface area contributed by atoms with E-state index < -0.39 is 0 Å². The Bertz CT molecular complexity index is 965. The summed E-state index contributed by atoms with van der Waals surface area (Å²) in [5, 5.41) is 8.25. The Kier molecular flexibility index (Phi) is 3.22. The number of hydrogen-bond donors (Lipinski definition) is 0. The lowest BCUT2D eigenvalue weighted by molar-refractivity contribution is -0.141. The normalized spacial score (nSPS) is 25.2. The fraction of sp³-hybridized carbons (Fsp3) is 0.444. The highest BCUT2D eigenvalue weighted by molar-refractivity contribution is 7.16. The van der Waals surface area contributed by atoms with E-state index in [1.807, 2.05) is 22.5 Å². The zero-order chi connectivity index (χ0) is 17.0. The molecule has 128 valence electrons. The van der Waals surface area contributed by atoms with Crippen molar-refractivity contribution in [2.45, 2.75) is 38.1 Å². The van der Waals surface area contributed by atoms with Crippen molar-refractivity contribution in [3.8, 4) is 0 Å². The van der Waals surface area contributed by atoms with Gasteiger partial charge >= 0.3 is 0 Å². The lowest BCUT2D eigenvalue weighted by atomic mass is 9.67. The molecule has 0 bridgehead atoms. The predicted molar refractivity (Wildman–Crippen MR) is 93.1 cm³/mol. The van der Waals surface area contributed by atoms with Crippen LogP contribution in [0.4, 0.5) is 0 Å². The van der Waals surface area contributed by atoms with Crippen LogP contribution in [-0.2, 0) is 16.8 Å². The van der Waals surface area contributed by atoms with Crippen molar-refractivity contribution in [1.29, 1.82) is 0 Å². The van der Waals surface area contributed by atoms with Crippen molar-refractivity contribution in [2.24, 2.45) is 5.92 Å². The van der Waals surface area contributed by atoms with E-state index in [9.17, 15) is 4.79 Å². The number of aromatic nitrogens is 3. The average molecular weight is 354 g/mol. The van der Waals surface area contributed by atoms with Gasteiger partial charge in [-0.15, -0.1) is 21.5 Å². The van der Waals surface area contributed by atoms with Gasteiger partial charge in [0.25, 0.3) is 0 Å². The molecule has 5 rings (SSSR count). The number of hydrogen-bond acceptors (Lipinski definition) is 6. The molecule has 2 aromatic heterocycles. The monoisotopic (exact) mass is 354 g/mol. The Morgan fingerprint density at radius 3 is 3.08 bits per heavy atom. The fourth-order valence-corrected chi connectivity index (χ4v) is 5.08. The Morgan fingerprint density at radius 2 is 2.32 bits per heavy atom. The minimum absolute atomic E-state index is 0.141. The Morgan fingerprint density at radius 1 is 1.40 bits per heavy atom. The number of aryl methyl sites for hydroxylation is 1. The summed E-state index contributed by atoms with van der Waals surface area (Å²) in [5.74, 6) is 1.76. The number of rotatable bonds is 3. The maximum Gasteiger partial charge on any atom is 0.242 e. The van der Waals surface area contributed by atoms with Gasteiger partial charge in [0.05, 0.1) is 22.1 Å². The molecule has 2 atom stereocenters. The van der Waals surface area contributed by atoms with Crippen LogP contribution < -0.4 is 0 Å². The number of carbonyl (C=O) groups is 1. The highest BCUT2D eigenvalue weighted by atomic mass is 32.1. The molecule has 1 aliphatic carbocycles.